The molecule has 1 heterocycles. The Balaban J connectivity index is 1.53. The van der Waals surface area contributed by atoms with Gasteiger partial charge in [-0.1, -0.05) is 13.8 Å². The molecule has 5 aliphatic rings. The minimum Gasteiger partial charge on any atom is -0.390 e. The molecule has 1 unspecified atom stereocenters. The summed E-state index contributed by atoms with van der Waals surface area (Å²) in [6, 6.07) is 0. The summed E-state index contributed by atoms with van der Waals surface area (Å²) < 4.78 is 13.1. The second-order valence-electron chi connectivity index (χ2n) is 14.9. The van der Waals surface area contributed by atoms with Crippen molar-refractivity contribution in [3.63, 3.8) is 0 Å². The molecule has 38 heavy (non-hydrogen) atoms. The average molecular weight is 537 g/mol. The van der Waals surface area contributed by atoms with Gasteiger partial charge in [0, 0.05) is 17.3 Å². The van der Waals surface area contributed by atoms with Gasteiger partial charge in [0.25, 0.3) is 0 Å². The summed E-state index contributed by atoms with van der Waals surface area (Å²) in [6.07, 6.45) is 2.49. The van der Waals surface area contributed by atoms with Crippen molar-refractivity contribution >= 4 is 5.78 Å². The number of hydrogen-bond acceptors (Lipinski definition) is 8. The van der Waals surface area contributed by atoms with Crippen molar-refractivity contribution < 1.29 is 39.8 Å². The highest BCUT2D eigenvalue weighted by atomic mass is 16.8. The van der Waals surface area contributed by atoms with E-state index < -0.39 is 57.0 Å². The molecule has 10 atom stereocenters. The standard InChI is InChI=1S/C30H48O8/c1-24(2,34)11-10-23-28(7,38-25(3,4)37-23)21-9-13-29(35)18-14-22(33)30(36)16-20(32)19(31)15-27(30,6)17(18)8-12-26(21,29)5/h14,17,19-21,23,31-32,34-36H,8-13,15-16H2,1-7H3/t17-,19-,20+,21?,23+,26+,27+,28+,29+,30+/m0/s1. The number of aliphatic hydroxyl groups is 5. The van der Waals surface area contributed by atoms with Gasteiger partial charge in [-0.15, -0.1) is 0 Å². The van der Waals surface area contributed by atoms with Crippen LogP contribution in [0.1, 0.15) is 99.8 Å². The Kier molecular flexibility index (Phi) is 6.29. The van der Waals surface area contributed by atoms with Crippen LogP contribution in [0.2, 0.25) is 0 Å². The second kappa shape index (κ2) is 8.34. The zero-order valence-electron chi connectivity index (χ0n) is 24.1. The van der Waals surface area contributed by atoms with Gasteiger partial charge in [-0.05, 0) is 103 Å². The molecule has 0 aromatic carbocycles. The highest BCUT2D eigenvalue weighted by molar-refractivity contribution is 6.00. The lowest BCUT2D eigenvalue weighted by Gasteiger charge is -2.62. The lowest BCUT2D eigenvalue weighted by atomic mass is 9.44. The molecule has 8 nitrogen and oxygen atoms in total. The zero-order chi connectivity index (χ0) is 28.3. The van der Waals surface area contributed by atoms with Crippen molar-refractivity contribution in [1.82, 2.24) is 0 Å². The quantitative estimate of drug-likeness (QED) is 0.370. The number of carbonyl (C=O) groups is 1. The molecule has 0 bridgehead atoms. The SMILES string of the molecule is CC(C)(O)CC[C@H]1OC(C)(C)O[C@]1(C)C1CC[C@@]2(O)C3=CC(=O)[C@]4(O)C[C@@H](O)[C@@H](O)C[C@]4(C)[C@H]3CC[C@]12C. The summed E-state index contributed by atoms with van der Waals surface area (Å²) in [4.78, 5) is 13.5. The lowest BCUT2D eigenvalue weighted by Crippen LogP contribution is -2.69. The van der Waals surface area contributed by atoms with Gasteiger partial charge >= 0.3 is 0 Å². The fraction of sp³-hybridized carbons (Fsp3) is 0.900. The smallest absolute Gasteiger partial charge is 0.187 e. The number of fused-ring (bicyclic) bond motifs is 5. The maximum Gasteiger partial charge on any atom is 0.187 e. The van der Waals surface area contributed by atoms with Crippen LogP contribution in [-0.2, 0) is 14.3 Å². The summed E-state index contributed by atoms with van der Waals surface area (Å²) in [5.41, 5.74) is -5.55. The third-order valence-electron chi connectivity index (χ3n) is 11.5. The van der Waals surface area contributed by atoms with Crippen LogP contribution in [0.3, 0.4) is 0 Å². The summed E-state index contributed by atoms with van der Waals surface area (Å²) >= 11 is 0. The Hall–Kier alpha value is -0.870. The van der Waals surface area contributed by atoms with E-state index in [1.165, 1.54) is 6.08 Å². The lowest BCUT2D eigenvalue weighted by molar-refractivity contribution is -0.213. The molecule has 8 heteroatoms. The first-order valence-electron chi connectivity index (χ1n) is 14.4. The molecule has 216 valence electrons. The van der Waals surface area contributed by atoms with Crippen molar-refractivity contribution in [2.75, 3.05) is 0 Å². The van der Waals surface area contributed by atoms with Gasteiger partial charge in [-0.2, -0.15) is 0 Å². The van der Waals surface area contributed by atoms with Crippen LogP contribution in [0, 0.1) is 22.7 Å². The normalized spacial score (nSPS) is 52.3. The molecule has 0 aromatic heterocycles. The van der Waals surface area contributed by atoms with E-state index in [0.29, 0.717) is 44.1 Å². The van der Waals surface area contributed by atoms with E-state index in [4.69, 9.17) is 9.47 Å². The fourth-order valence-electron chi connectivity index (χ4n) is 9.48. The molecule has 0 amide bonds. The molecule has 4 aliphatic carbocycles. The third-order valence-corrected chi connectivity index (χ3v) is 11.5. The van der Waals surface area contributed by atoms with Crippen LogP contribution in [0.5, 0.6) is 0 Å². The molecular weight excluding hydrogens is 488 g/mol. The van der Waals surface area contributed by atoms with Crippen LogP contribution >= 0.6 is 0 Å². The molecule has 0 radical (unpaired) electrons. The Morgan fingerprint density at radius 1 is 0.947 bits per heavy atom. The number of aliphatic hydroxyl groups excluding tert-OH is 2. The number of hydrogen-bond donors (Lipinski definition) is 5. The molecular formula is C30H48O8. The van der Waals surface area contributed by atoms with E-state index in [9.17, 15) is 30.3 Å². The van der Waals surface area contributed by atoms with Crippen LogP contribution in [-0.4, -0.2) is 77.8 Å². The molecule has 1 saturated heterocycles. The highest BCUT2D eigenvalue weighted by Crippen LogP contribution is 2.70. The molecule has 5 N–H and O–H groups in total. The van der Waals surface area contributed by atoms with Crippen LogP contribution in [0.15, 0.2) is 11.6 Å². The monoisotopic (exact) mass is 536 g/mol. The summed E-state index contributed by atoms with van der Waals surface area (Å²) in [5.74, 6) is -1.66. The maximum atomic E-state index is 13.5. The predicted molar refractivity (Wildman–Crippen MR) is 140 cm³/mol. The number of ketones is 1. The Bertz CT molecular complexity index is 1030. The van der Waals surface area contributed by atoms with Crippen molar-refractivity contribution in [1.29, 1.82) is 0 Å². The second-order valence-corrected chi connectivity index (χ2v) is 14.9. The summed E-state index contributed by atoms with van der Waals surface area (Å²) in [7, 11) is 0. The van der Waals surface area contributed by atoms with Crippen molar-refractivity contribution in [2.24, 2.45) is 22.7 Å². The van der Waals surface area contributed by atoms with Crippen LogP contribution in [0.4, 0.5) is 0 Å². The largest absolute Gasteiger partial charge is 0.390 e. The predicted octanol–water partition coefficient (Wildman–Crippen LogP) is 2.77. The average Bonchev–Trinajstić information content (AvgIpc) is 3.19. The Morgan fingerprint density at radius 2 is 1.58 bits per heavy atom. The minimum absolute atomic E-state index is 0.0714. The van der Waals surface area contributed by atoms with Crippen molar-refractivity contribution in [3.05, 3.63) is 11.6 Å². The van der Waals surface area contributed by atoms with E-state index in [0.717, 1.165) is 0 Å². The third kappa shape index (κ3) is 3.77. The van der Waals surface area contributed by atoms with E-state index in [2.05, 4.69) is 13.8 Å². The zero-order valence-corrected chi connectivity index (χ0v) is 24.1. The van der Waals surface area contributed by atoms with Crippen molar-refractivity contribution in [2.45, 2.75) is 146 Å². The van der Waals surface area contributed by atoms with E-state index in [-0.39, 0.29) is 30.8 Å². The van der Waals surface area contributed by atoms with Gasteiger partial charge < -0.3 is 35.0 Å². The topological polar surface area (TPSA) is 137 Å². The summed E-state index contributed by atoms with van der Waals surface area (Å²) in [6.45, 7) is 13.4. The van der Waals surface area contributed by atoms with E-state index in [1.54, 1.807) is 13.8 Å². The Morgan fingerprint density at radius 3 is 2.21 bits per heavy atom. The van der Waals surface area contributed by atoms with Gasteiger partial charge in [0.1, 0.15) is 5.60 Å². The van der Waals surface area contributed by atoms with E-state index >= 15 is 0 Å². The van der Waals surface area contributed by atoms with Gasteiger partial charge in [0.15, 0.2) is 11.6 Å². The highest BCUT2D eigenvalue weighted by Gasteiger charge is 2.73. The molecule has 1 aliphatic heterocycles. The number of rotatable bonds is 4. The molecule has 3 saturated carbocycles. The first kappa shape index (κ1) is 28.7. The van der Waals surface area contributed by atoms with Crippen LogP contribution < -0.4 is 0 Å². The Labute approximate surface area is 226 Å². The minimum atomic E-state index is -1.78. The van der Waals surface area contributed by atoms with Gasteiger partial charge in [-0.3, -0.25) is 4.79 Å². The van der Waals surface area contributed by atoms with Gasteiger partial charge in [0.05, 0.1) is 35.1 Å². The first-order valence-corrected chi connectivity index (χ1v) is 14.4. The summed E-state index contributed by atoms with van der Waals surface area (Å²) in [5, 5.41) is 55.5. The number of ether oxygens (including phenoxy) is 2. The molecule has 0 aromatic rings. The first-order chi connectivity index (χ1) is 17.2. The van der Waals surface area contributed by atoms with Crippen LogP contribution in [0.25, 0.3) is 0 Å². The van der Waals surface area contributed by atoms with Gasteiger partial charge in [-0.25, -0.2) is 0 Å². The molecule has 5 rings (SSSR count). The van der Waals surface area contributed by atoms with E-state index in [1.807, 2.05) is 20.8 Å². The fourth-order valence-corrected chi connectivity index (χ4v) is 9.48. The maximum absolute atomic E-state index is 13.5. The van der Waals surface area contributed by atoms with Gasteiger partial charge in [0.2, 0.25) is 0 Å². The van der Waals surface area contributed by atoms with Crippen molar-refractivity contribution in [3.8, 4) is 0 Å². The number of carbonyl (C=O) groups excluding carboxylic acids is 1. The molecule has 4 fully saturated rings. The molecule has 0 spiro atoms.